The van der Waals surface area contributed by atoms with Crippen LogP contribution in [-0.4, -0.2) is 32.0 Å². The van der Waals surface area contributed by atoms with Crippen molar-refractivity contribution in [1.29, 1.82) is 0 Å². The monoisotopic (exact) mass is 343 g/mol. The highest BCUT2D eigenvalue weighted by Crippen LogP contribution is 2.31. The molecule has 0 atom stereocenters. The van der Waals surface area contributed by atoms with Gasteiger partial charge >= 0.3 is 5.97 Å². The average molecular weight is 343 g/mol. The quantitative estimate of drug-likeness (QED) is 0.573. The molecule has 0 aliphatic heterocycles. The van der Waals surface area contributed by atoms with Crippen molar-refractivity contribution in [2.75, 3.05) is 0 Å². The highest BCUT2D eigenvalue weighted by atomic mass is 16.4. The van der Waals surface area contributed by atoms with Crippen molar-refractivity contribution in [2.24, 2.45) is 0 Å². The summed E-state index contributed by atoms with van der Waals surface area (Å²) in [6.07, 6.45) is 2.56. The Balaban J connectivity index is 1.98. The zero-order chi connectivity index (χ0) is 18.1. The number of carbonyl (C=O) groups is 2. The van der Waals surface area contributed by atoms with E-state index in [1.54, 1.807) is 18.3 Å². The Morgan fingerprint density at radius 1 is 1.00 bits per heavy atom. The van der Waals surface area contributed by atoms with Crippen molar-refractivity contribution in [3.63, 3.8) is 0 Å². The molecule has 2 heterocycles. The number of hydrogen-bond donors (Lipinski definition) is 1. The van der Waals surface area contributed by atoms with Gasteiger partial charge in [0.25, 0.3) is 0 Å². The van der Waals surface area contributed by atoms with Crippen molar-refractivity contribution >= 4 is 17.9 Å². The van der Waals surface area contributed by atoms with Gasteiger partial charge in [-0.15, -0.1) is 0 Å². The topological polar surface area (TPSA) is 84.6 Å². The lowest BCUT2D eigenvalue weighted by atomic mass is 10.00. The van der Waals surface area contributed by atoms with Crippen molar-refractivity contribution in [3.8, 4) is 22.4 Å². The van der Waals surface area contributed by atoms with Gasteiger partial charge in [-0.2, -0.15) is 5.10 Å². The van der Waals surface area contributed by atoms with E-state index in [0.717, 1.165) is 23.0 Å². The summed E-state index contributed by atoms with van der Waals surface area (Å²) in [7, 11) is 0. The fourth-order valence-electron chi connectivity index (χ4n) is 2.79. The minimum Gasteiger partial charge on any atom is -0.476 e. The van der Waals surface area contributed by atoms with Gasteiger partial charge in [-0.05, 0) is 5.56 Å². The lowest BCUT2D eigenvalue weighted by molar-refractivity contribution is 0.0690. The molecule has 0 bridgehead atoms. The molecule has 0 unspecified atom stereocenters. The van der Waals surface area contributed by atoms with E-state index in [0.29, 0.717) is 16.9 Å². The van der Waals surface area contributed by atoms with Crippen LogP contribution in [0.2, 0.25) is 0 Å². The van der Waals surface area contributed by atoms with Crippen molar-refractivity contribution < 1.29 is 14.7 Å². The van der Waals surface area contributed by atoms with Crippen molar-refractivity contribution in [1.82, 2.24) is 14.6 Å². The Morgan fingerprint density at radius 3 is 2.38 bits per heavy atom. The van der Waals surface area contributed by atoms with Gasteiger partial charge in [0.1, 0.15) is 6.29 Å². The highest BCUT2D eigenvalue weighted by molar-refractivity contribution is 5.88. The first-order chi connectivity index (χ1) is 12.7. The minimum atomic E-state index is -1.10. The van der Waals surface area contributed by atoms with Gasteiger partial charge in [-0.25, -0.2) is 14.3 Å². The number of nitrogens with zero attached hydrogens (tertiary/aromatic N) is 3. The average Bonchev–Trinajstić information content (AvgIpc) is 3.11. The molecule has 0 aliphatic carbocycles. The van der Waals surface area contributed by atoms with Crippen LogP contribution in [0.1, 0.15) is 20.8 Å². The van der Waals surface area contributed by atoms with Gasteiger partial charge in [0.15, 0.2) is 11.3 Å². The summed E-state index contributed by atoms with van der Waals surface area (Å²) in [6, 6.07) is 18.2. The minimum absolute atomic E-state index is 0.0648. The third-order valence-corrected chi connectivity index (χ3v) is 4.07. The van der Waals surface area contributed by atoms with Gasteiger partial charge in [0.05, 0.1) is 5.69 Å². The van der Waals surface area contributed by atoms with Gasteiger partial charge in [-0.3, -0.25) is 4.79 Å². The van der Waals surface area contributed by atoms with Crippen LogP contribution >= 0.6 is 0 Å². The fraction of sp³-hybridized carbons (Fsp3) is 0. The van der Waals surface area contributed by atoms with E-state index >= 15 is 0 Å². The highest BCUT2D eigenvalue weighted by Gasteiger charge is 2.15. The van der Waals surface area contributed by atoms with E-state index in [2.05, 4.69) is 10.1 Å². The molecule has 2 aromatic heterocycles. The standard InChI is InChI=1S/C20H13N3O3/c24-12-13-6-8-15(9-7-13)19-16(14-4-2-1-3-5-14)11-23-18(21-19)10-17(22-23)20(25)26/h1-12H,(H,25,26). The molecule has 0 aliphatic rings. The molecule has 6 heteroatoms. The third kappa shape index (κ3) is 2.73. The lowest BCUT2D eigenvalue weighted by Gasteiger charge is -2.10. The Morgan fingerprint density at radius 2 is 1.73 bits per heavy atom. The zero-order valence-corrected chi connectivity index (χ0v) is 13.5. The summed E-state index contributed by atoms with van der Waals surface area (Å²) in [5, 5.41) is 13.2. The molecule has 1 N–H and O–H groups in total. The SMILES string of the molecule is O=Cc1ccc(-c2nc3cc(C(=O)O)nn3cc2-c2ccccc2)cc1. The molecule has 4 aromatic rings. The molecule has 26 heavy (non-hydrogen) atoms. The molecule has 0 fully saturated rings. The zero-order valence-electron chi connectivity index (χ0n) is 13.5. The maximum absolute atomic E-state index is 11.2. The third-order valence-electron chi connectivity index (χ3n) is 4.07. The number of fused-ring (bicyclic) bond motifs is 1. The molecule has 6 nitrogen and oxygen atoms in total. The molecule has 2 aromatic carbocycles. The Bertz CT molecular complexity index is 1120. The normalized spacial score (nSPS) is 10.8. The maximum atomic E-state index is 11.2. The van der Waals surface area contributed by atoms with Crippen LogP contribution in [0.5, 0.6) is 0 Å². The van der Waals surface area contributed by atoms with E-state index < -0.39 is 5.97 Å². The number of aromatic nitrogens is 3. The van der Waals surface area contributed by atoms with E-state index in [4.69, 9.17) is 0 Å². The predicted octanol–water partition coefficient (Wildman–Crippen LogP) is 3.57. The summed E-state index contributed by atoms with van der Waals surface area (Å²) < 4.78 is 1.47. The molecule has 0 saturated carbocycles. The number of aromatic carboxylic acids is 1. The summed E-state index contributed by atoms with van der Waals surface area (Å²) in [4.78, 5) is 26.7. The summed E-state index contributed by atoms with van der Waals surface area (Å²) in [5.41, 5.74) is 4.23. The first kappa shape index (κ1) is 15.7. The van der Waals surface area contributed by atoms with E-state index in [1.807, 2.05) is 42.5 Å². The fourth-order valence-corrected chi connectivity index (χ4v) is 2.79. The smallest absolute Gasteiger partial charge is 0.356 e. The second kappa shape index (κ2) is 6.25. The first-order valence-electron chi connectivity index (χ1n) is 7.90. The predicted molar refractivity (Wildman–Crippen MR) is 96.2 cm³/mol. The van der Waals surface area contributed by atoms with Gasteiger partial charge in [0.2, 0.25) is 0 Å². The molecular formula is C20H13N3O3. The van der Waals surface area contributed by atoms with Crippen LogP contribution in [0.25, 0.3) is 28.0 Å². The maximum Gasteiger partial charge on any atom is 0.356 e. The number of rotatable bonds is 4. The second-order valence-electron chi connectivity index (χ2n) is 5.75. The second-order valence-corrected chi connectivity index (χ2v) is 5.75. The van der Waals surface area contributed by atoms with E-state index in [1.165, 1.54) is 10.6 Å². The van der Waals surface area contributed by atoms with E-state index in [-0.39, 0.29) is 5.69 Å². The molecule has 4 rings (SSSR count). The van der Waals surface area contributed by atoms with Gasteiger partial charge < -0.3 is 5.11 Å². The number of hydrogen-bond acceptors (Lipinski definition) is 4. The van der Waals surface area contributed by atoms with Crippen LogP contribution in [0, 0.1) is 0 Å². The van der Waals surface area contributed by atoms with Gasteiger partial charge in [0, 0.05) is 29.0 Å². The van der Waals surface area contributed by atoms with Crippen LogP contribution in [0.3, 0.4) is 0 Å². The van der Waals surface area contributed by atoms with Crippen molar-refractivity contribution in [3.05, 3.63) is 78.1 Å². The first-order valence-corrected chi connectivity index (χ1v) is 7.90. The van der Waals surface area contributed by atoms with Gasteiger partial charge in [-0.1, -0.05) is 54.6 Å². The van der Waals surface area contributed by atoms with Crippen LogP contribution < -0.4 is 0 Å². The molecule has 0 radical (unpaired) electrons. The Kier molecular flexibility index (Phi) is 3.78. The Hall–Kier alpha value is -3.80. The molecule has 0 saturated heterocycles. The summed E-state index contributed by atoms with van der Waals surface area (Å²) in [6.45, 7) is 0. The van der Waals surface area contributed by atoms with Crippen LogP contribution in [0.15, 0.2) is 66.9 Å². The number of benzene rings is 2. The molecule has 126 valence electrons. The number of aldehydes is 1. The number of carboxylic acid groups (broad SMARTS) is 1. The summed E-state index contributed by atoms with van der Waals surface area (Å²) >= 11 is 0. The molecular weight excluding hydrogens is 330 g/mol. The van der Waals surface area contributed by atoms with Crippen LogP contribution in [-0.2, 0) is 0 Å². The molecule has 0 amide bonds. The lowest BCUT2D eigenvalue weighted by Crippen LogP contribution is -1.99. The largest absolute Gasteiger partial charge is 0.476 e. The number of carboxylic acids is 1. The number of carbonyl (C=O) groups excluding carboxylic acids is 1. The Labute approximate surface area is 148 Å². The van der Waals surface area contributed by atoms with Crippen LogP contribution in [0.4, 0.5) is 0 Å². The summed E-state index contributed by atoms with van der Waals surface area (Å²) in [5.74, 6) is -1.10. The van der Waals surface area contributed by atoms with E-state index in [9.17, 15) is 14.7 Å². The molecule has 0 spiro atoms. The van der Waals surface area contributed by atoms with Crippen molar-refractivity contribution in [2.45, 2.75) is 0 Å².